The summed E-state index contributed by atoms with van der Waals surface area (Å²) in [6.07, 6.45) is 17.1. The molecule has 9 atom stereocenters. The SMILES string of the molecule is CC(C)CCC[C@@H](C)[C@H]1CC[C@H]2C3CC=C4C[C@@H](OC(=O)NCCC(C)(C)OCCC(C)NC(=O)OC(C)(C)C)CC[C@]4(C)[C@H]3CC[C@]12C. The number of nitrogens with one attached hydrogen (secondary N) is 2. The van der Waals surface area contributed by atoms with Gasteiger partial charge in [-0.05, 0) is 146 Å². The molecule has 2 N–H and O–H groups in total. The van der Waals surface area contributed by atoms with E-state index in [1.165, 1.54) is 51.4 Å². The van der Waals surface area contributed by atoms with Crippen LogP contribution in [0.5, 0.6) is 0 Å². The maximum Gasteiger partial charge on any atom is 0.407 e. The fraction of sp³-hybridized carbons (Fsp3) is 0.905. The van der Waals surface area contributed by atoms with Gasteiger partial charge in [0.25, 0.3) is 0 Å². The molecule has 0 aromatic rings. The van der Waals surface area contributed by atoms with Crippen molar-refractivity contribution in [3.63, 3.8) is 0 Å². The highest BCUT2D eigenvalue weighted by molar-refractivity contribution is 5.68. The molecule has 4 aliphatic rings. The highest BCUT2D eigenvalue weighted by Gasteiger charge is 2.59. The van der Waals surface area contributed by atoms with Gasteiger partial charge in [0.2, 0.25) is 0 Å². The van der Waals surface area contributed by atoms with Gasteiger partial charge < -0.3 is 24.8 Å². The fourth-order valence-electron chi connectivity index (χ4n) is 10.6. The first kappa shape index (κ1) is 40.0. The Bertz CT molecular complexity index is 1140. The molecule has 0 heterocycles. The molecule has 49 heavy (non-hydrogen) atoms. The van der Waals surface area contributed by atoms with Gasteiger partial charge in [-0.25, -0.2) is 9.59 Å². The third-order valence-electron chi connectivity index (χ3n) is 13.3. The van der Waals surface area contributed by atoms with Crippen LogP contribution in [0.3, 0.4) is 0 Å². The lowest BCUT2D eigenvalue weighted by atomic mass is 9.47. The van der Waals surface area contributed by atoms with Crippen molar-refractivity contribution >= 4 is 12.2 Å². The molecule has 0 aliphatic heterocycles. The molecular formula is C42H74N2O5. The monoisotopic (exact) mass is 687 g/mol. The molecule has 0 aromatic heterocycles. The Morgan fingerprint density at radius 2 is 1.65 bits per heavy atom. The summed E-state index contributed by atoms with van der Waals surface area (Å²) in [7, 11) is 0. The zero-order valence-electron chi connectivity index (χ0n) is 33.3. The minimum atomic E-state index is -0.520. The molecule has 7 heteroatoms. The van der Waals surface area contributed by atoms with E-state index < -0.39 is 17.3 Å². The maximum atomic E-state index is 12.9. The molecule has 0 radical (unpaired) electrons. The first-order valence-corrected chi connectivity index (χ1v) is 20.1. The van der Waals surface area contributed by atoms with Crippen LogP contribution in [0.4, 0.5) is 9.59 Å². The summed E-state index contributed by atoms with van der Waals surface area (Å²) in [4.78, 5) is 24.9. The summed E-state index contributed by atoms with van der Waals surface area (Å²) in [5.41, 5.74) is 1.39. The topological polar surface area (TPSA) is 85.9 Å². The van der Waals surface area contributed by atoms with Crippen molar-refractivity contribution < 1.29 is 23.8 Å². The zero-order chi connectivity index (χ0) is 36.2. The van der Waals surface area contributed by atoms with Crippen LogP contribution in [0.25, 0.3) is 0 Å². The number of hydrogen-bond acceptors (Lipinski definition) is 5. The Morgan fingerprint density at radius 3 is 2.35 bits per heavy atom. The molecule has 0 saturated heterocycles. The maximum absolute atomic E-state index is 12.9. The molecule has 282 valence electrons. The third-order valence-corrected chi connectivity index (χ3v) is 13.3. The molecule has 2 amide bonds. The van der Waals surface area contributed by atoms with E-state index in [2.05, 4.69) is 51.3 Å². The Kier molecular flexibility index (Phi) is 13.3. The average molecular weight is 687 g/mol. The number of amides is 2. The normalized spacial score (nSPS) is 32.7. The Morgan fingerprint density at radius 1 is 0.918 bits per heavy atom. The number of rotatable bonds is 14. The fourth-order valence-corrected chi connectivity index (χ4v) is 10.6. The number of hydrogen-bond donors (Lipinski definition) is 2. The van der Waals surface area contributed by atoms with Crippen LogP contribution in [0.2, 0.25) is 0 Å². The Hall–Kier alpha value is -1.76. The molecule has 0 bridgehead atoms. The second-order valence-corrected chi connectivity index (χ2v) is 19.2. The van der Waals surface area contributed by atoms with E-state index in [1.54, 1.807) is 5.57 Å². The van der Waals surface area contributed by atoms with Crippen LogP contribution >= 0.6 is 0 Å². The minimum Gasteiger partial charge on any atom is -0.446 e. The molecule has 3 fully saturated rings. The second-order valence-electron chi connectivity index (χ2n) is 19.2. The molecule has 3 saturated carbocycles. The van der Waals surface area contributed by atoms with Gasteiger partial charge in [0, 0.05) is 25.6 Å². The van der Waals surface area contributed by atoms with Crippen LogP contribution < -0.4 is 10.6 Å². The number of allylic oxidation sites excluding steroid dienone is 1. The first-order chi connectivity index (χ1) is 22.8. The van der Waals surface area contributed by atoms with Gasteiger partial charge in [0.15, 0.2) is 0 Å². The van der Waals surface area contributed by atoms with E-state index in [4.69, 9.17) is 14.2 Å². The van der Waals surface area contributed by atoms with E-state index in [0.29, 0.717) is 31.4 Å². The predicted octanol–water partition coefficient (Wildman–Crippen LogP) is 10.6. The first-order valence-electron chi connectivity index (χ1n) is 20.1. The quantitative estimate of drug-likeness (QED) is 0.178. The summed E-state index contributed by atoms with van der Waals surface area (Å²) >= 11 is 0. The lowest BCUT2D eigenvalue weighted by Gasteiger charge is -2.58. The van der Waals surface area contributed by atoms with Gasteiger partial charge in [-0.3, -0.25) is 0 Å². The van der Waals surface area contributed by atoms with E-state index in [0.717, 1.165) is 54.8 Å². The average Bonchev–Trinajstić information content (AvgIpc) is 3.33. The van der Waals surface area contributed by atoms with E-state index in [1.807, 2.05) is 41.5 Å². The van der Waals surface area contributed by atoms with Crippen molar-refractivity contribution in [3.05, 3.63) is 11.6 Å². The number of alkyl carbamates (subject to hydrolysis) is 2. The summed E-state index contributed by atoms with van der Waals surface area (Å²) in [5.74, 6) is 5.00. The molecule has 4 aliphatic carbocycles. The van der Waals surface area contributed by atoms with Crippen LogP contribution in [-0.4, -0.2) is 48.7 Å². The van der Waals surface area contributed by atoms with Gasteiger partial charge in [0.05, 0.1) is 5.60 Å². The van der Waals surface area contributed by atoms with Crippen LogP contribution in [0, 0.1) is 46.3 Å². The van der Waals surface area contributed by atoms with E-state index in [-0.39, 0.29) is 23.7 Å². The third kappa shape index (κ3) is 10.4. The van der Waals surface area contributed by atoms with Gasteiger partial charge in [0.1, 0.15) is 11.7 Å². The van der Waals surface area contributed by atoms with Crippen molar-refractivity contribution in [1.82, 2.24) is 10.6 Å². The molecule has 0 spiro atoms. The van der Waals surface area contributed by atoms with Crippen molar-refractivity contribution in [3.8, 4) is 0 Å². The number of carbonyl (C=O) groups is 2. The van der Waals surface area contributed by atoms with Crippen molar-refractivity contribution in [1.29, 1.82) is 0 Å². The van der Waals surface area contributed by atoms with Crippen molar-refractivity contribution in [2.75, 3.05) is 13.2 Å². The van der Waals surface area contributed by atoms with Crippen molar-refractivity contribution in [2.45, 2.75) is 183 Å². The molecule has 7 nitrogen and oxygen atoms in total. The number of fused-ring (bicyclic) bond motifs is 5. The Labute approximate surface area is 300 Å². The zero-order valence-corrected chi connectivity index (χ0v) is 33.3. The number of carbonyl (C=O) groups excluding carboxylic acids is 2. The summed E-state index contributed by atoms with van der Waals surface area (Å²) < 4.78 is 17.5. The highest BCUT2D eigenvalue weighted by atomic mass is 16.6. The predicted molar refractivity (Wildman–Crippen MR) is 199 cm³/mol. The van der Waals surface area contributed by atoms with Crippen LogP contribution in [0.15, 0.2) is 11.6 Å². The highest BCUT2D eigenvalue weighted by Crippen LogP contribution is 2.67. The van der Waals surface area contributed by atoms with Gasteiger partial charge in [-0.15, -0.1) is 0 Å². The molecular weight excluding hydrogens is 612 g/mol. The van der Waals surface area contributed by atoms with Crippen molar-refractivity contribution in [2.24, 2.45) is 46.3 Å². The van der Waals surface area contributed by atoms with Gasteiger partial charge in [-0.2, -0.15) is 0 Å². The van der Waals surface area contributed by atoms with E-state index in [9.17, 15) is 9.59 Å². The Balaban J connectivity index is 1.20. The second kappa shape index (κ2) is 16.3. The van der Waals surface area contributed by atoms with Crippen LogP contribution in [-0.2, 0) is 14.2 Å². The smallest absolute Gasteiger partial charge is 0.407 e. The molecule has 0 aromatic carbocycles. The standard InChI is InChI=1S/C42H74N2O5/c1-28(2)13-12-14-29(3)34-17-18-35-33-16-15-31-27-32(19-22-41(31,10)36(33)20-23-42(34,35)11)48-37(45)43-25-24-40(8,9)47-26-21-30(4)44-38(46)49-39(5,6)7/h15,28-30,32-36H,12-14,16-27H2,1-11H3,(H,43,45)(H,44,46)/t29-,30?,32+,33?,34-,35+,36+,41+,42-/m1/s1. The summed E-state index contributed by atoms with van der Waals surface area (Å²) in [5, 5.41) is 5.84. The minimum absolute atomic E-state index is 0.0458. The van der Waals surface area contributed by atoms with Gasteiger partial charge in [-0.1, -0.05) is 65.5 Å². The van der Waals surface area contributed by atoms with Gasteiger partial charge >= 0.3 is 12.2 Å². The summed E-state index contributed by atoms with van der Waals surface area (Å²) in [6.45, 7) is 25.1. The lowest BCUT2D eigenvalue weighted by Crippen LogP contribution is -2.51. The van der Waals surface area contributed by atoms with E-state index >= 15 is 0 Å². The molecule has 2 unspecified atom stereocenters. The lowest BCUT2D eigenvalue weighted by molar-refractivity contribution is -0.0582. The summed E-state index contributed by atoms with van der Waals surface area (Å²) in [6, 6.07) is -0.0623. The molecule has 4 rings (SSSR count). The van der Waals surface area contributed by atoms with Crippen LogP contribution in [0.1, 0.15) is 160 Å². The number of ether oxygens (including phenoxy) is 3. The largest absolute Gasteiger partial charge is 0.446 e.